The zero-order valence-corrected chi connectivity index (χ0v) is 15.1. The third-order valence-corrected chi connectivity index (χ3v) is 5.43. The van der Waals surface area contributed by atoms with Gasteiger partial charge in [-0.2, -0.15) is 0 Å². The molecule has 4 aromatic rings. The normalized spacial score (nSPS) is 17.7. The number of para-hydroxylation sites is 1. The molecule has 1 unspecified atom stereocenters. The topological polar surface area (TPSA) is 98.4 Å². The van der Waals surface area contributed by atoms with Crippen molar-refractivity contribution in [3.8, 4) is 11.4 Å². The maximum atomic E-state index is 11.9. The van der Waals surface area contributed by atoms with Gasteiger partial charge in [-0.3, -0.25) is 14.5 Å². The second-order valence-corrected chi connectivity index (χ2v) is 7.14. The smallest absolute Gasteiger partial charge is 0.274 e. The Labute approximate surface area is 155 Å². The molecule has 4 heterocycles. The van der Waals surface area contributed by atoms with Gasteiger partial charge in [0.15, 0.2) is 5.82 Å². The number of nitrogens with one attached hydrogen (secondary N) is 3. The largest absolute Gasteiger partial charge is 0.358 e. The Bertz CT molecular complexity index is 1120. The van der Waals surface area contributed by atoms with Gasteiger partial charge in [-0.15, -0.1) is 10.2 Å². The average molecular weight is 363 g/mol. The SMILES string of the molecule is Cn1c(-c2c[nH][nH]c2=O)nnc1N1CCCC(c2cc3ccccc3[nH]2)C1. The number of anilines is 1. The van der Waals surface area contributed by atoms with Crippen LogP contribution < -0.4 is 10.5 Å². The summed E-state index contributed by atoms with van der Waals surface area (Å²) in [5.74, 6) is 1.79. The maximum absolute atomic E-state index is 11.9. The third kappa shape index (κ3) is 2.64. The zero-order valence-electron chi connectivity index (χ0n) is 15.1. The number of rotatable bonds is 3. The molecule has 8 nitrogen and oxygen atoms in total. The molecule has 1 aliphatic rings. The van der Waals surface area contributed by atoms with Crippen molar-refractivity contribution in [2.24, 2.45) is 7.05 Å². The number of fused-ring (bicyclic) bond motifs is 1. The lowest BCUT2D eigenvalue weighted by Crippen LogP contribution is -2.36. The van der Waals surface area contributed by atoms with Crippen molar-refractivity contribution in [3.63, 3.8) is 0 Å². The van der Waals surface area contributed by atoms with E-state index in [0.29, 0.717) is 17.3 Å². The van der Waals surface area contributed by atoms with E-state index in [1.165, 1.54) is 16.6 Å². The molecule has 0 saturated carbocycles. The van der Waals surface area contributed by atoms with E-state index in [1.807, 2.05) is 11.6 Å². The Kier molecular flexibility index (Phi) is 3.63. The Hall–Kier alpha value is -3.29. The maximum Gasteiger partial charge on any atom is 0.274 e. The van der Waals surface area contributed by atoms with Crippen LogP contribution in [0.4, 0.5) is 5.95 Å². The van der Waals surface area contributed by atoms with Gasteiger partial charge >= 0.3 is 0 Å². The van der Waals surface area contributed by atoms with Crippen LogP contribution in [0.25, 0.3) is 22.3 Å². The van der Waals surface area contributed by atoms with Crippen molar-refractivity contribution in [2.45, 2.75) is 18.8 Å². The zero-order chi connectivity index (χ0) is 18.4. The molecule has 1 aromatic carbocycles. The van der Waals surface area contributed by atoms with Gasteiger partial charge < -0.3 is 15.0 Å². The first kappa shape index (κ1) is 15.9. The summed E-state index contributed by atoms with van der Waals surface area (Å²) in [5.41, 5.74) is 2.76. The molecule has 1 fully saturated rings. The second-order valence-electron chi connectivity index (χ2n) is 7.14. The highest BCUT2D eigenvalue weighted by Gasteiger charge is 2.26. The quantitative estimate of drug-likeness (QED) is 0.520. The van der Waals surface area contributed by atoms with Gasteiger partial charge in [0.2, 0.25) is 5.95 Å². The minimum Gasteiger partial charge on any atom is -0.358 e. The van der Waals surface area contributed by atoms with Crippen LogP contribution in [0.1, 0.15) is 24.5 Å². The number of aromatic nitrogens is 6. The fraction of sp³-hybridized carbons (Fsp3) is 0.316. The van der Waals surface area contributed by atoms with E-state index in [-0.39, 0.29) is 5.56 Å². The summed E-state index contributed by atoms with van der Waals surface area (Å²) in [7, 11) is 1.91. The fourth-order valence-electron chi connectivity index (χ4n) is 4.03. The first-order chi connectivity index (χ1) is 13.2. The van der Waals surface area contributed by atoms with E-state index >= 15 is 0 Å². The molecule has 1 saturated heterocycles. The van der Waals surface area contributed by atoms with Gasteiger partial charge in [0, 0.05) is 43.5 Å². The van der Waals surface area contributed by atoms with Crippen LogP contribution in [0.15, 0.2) is 41.3 Å². The number of piperidine rings is 1. The van der Waals surface area contributed by atoms with Gasteiger partial charge in [0.25, 0.3) is 5.56 Å². The van der Waals surface area contributed by atoms with Gasteiger partial charge in [-0.05, 0) is 30.4 Å². The summed E-state index contributed by atoms with van der Waals surface area (Å²) in [4.78, 5) is 17.7. The summed E-state index contributed by atoms with van der Waals surface area (Å²) < 4.78 is 1.89. The lowest BCUT2D eigenvalue weighted by molar-refractivity contribution is 0.493. The summed E-state index contributed by atoms with van der Waals surface area (Å²) >= 11 is 0. The van der Waals surface area contributed by atoms with E-state index in [0.717, 1.165) is 31.9 Å². The number of benzene rings is 1. The molecule has 1 atom stereocenters. The summed E-state index contributed by atoms with van der Waals surface area (Å²) in [6.07, 6.45) is 3.86. The van der Waals surface area contributed by atoms with E-state index in [2.05, 4.69) is 60.6 Å². The van der Waals surface area contributed by atoms with E-state index in [4.69, 9.17) is 0 Å². The first-order valence-electron chi connectivity index (χ1n) is 9.19. The van der Waals surface area contributed by atoms with Gasteiger partial charge in [-0.25, -0.2) is 0 Å². The molecule has 8 heteroatoms. The van der Waals surface area contributed by atoms with Crippen molar-refractivity contribution >= 4 is 16.9 Å². The molecular formula is C19H21N7O. The van der Waals surface area contributed by atoms with E-state index in [9.17, 15) is 4.79 Å². The molecule has 138 valence electrons. The van der Waals surface area contributed by atoms with Crippen molar-refractivity contribution in [1.29, 1.82) is 0 Å². The van der Waals surface area contributed by atoms with Crippen molar-refractivity contribution in [2.75, 3.05) is 18.0 Å². The molecule has 0 aliphatic carbocycles. The van der Waals surface area contributed by atoms with Gasteiger partial charge in [0.1, 0.15) is 5.56 Å². The van der Waals surface area contributed by atoms with Crippen LogP contribution >= 0.6 is 0 Å². The predicted molar refractivity (Wildman–Crippen MR) is 104 cm³/mol. The van der Waals surface area contributed by atoms with Crippen molar-refractivity contribution < 1.29 is 0 Å². The van der Waals surface area contributed by atoms with Gasteiger partial charge in [0.05, 0.1) is 0 Å². The molecule has 3 aromatic heterocycles. The molecule has 3 N–H and O–H groups in total. The highest BCUT2D eigenvalue weighted by Crippen LogP contribution is 2.31. The third-order valence-electron chi connectivity index (χ3n) is 5.43. The Morgan fingerprint density at radius 1 is 1.22 bits per heavy atom. The Morgan fingerprint density at radius 2 is 2.11 bits per heavy atom. The second kappa shape index (κ2) is 6.15. The molecule has 0 amide bonds. The standard InChI is InChI=1S/C19H21N7O/c1-25-17(14-10-20-23-18(14)27)22-24-19(25)26-8-4-6-13(11-26)16-9-12-5-2-3-7-15(12)21-16/h2-3,5,7,9-10,13,21H,4,6,8,11H2,1H3,(H2,20,23,27). The minimum absolute atomic E-state index is 0.188. The first-order valence-corrected chi connectivity index (χ1v) is 9.19. The highest BCUT2D eigenvalue weighted by molar-refractivity contribution is 5.80. The lowest BCUT2D eigenvalue weighted by atomic mass is 9.95. The van der Waals surface area contributed by atoms with Crippen LogP contribution in [-0.4, -0.2) is 43.0 Å². The minimum atomic E-state index is -0.188. The molecule has 0 radical (unpaired) electrons. The number of hydrogen-bond donors (Lipinski definition) is 3. The number of aromatic amines is 3. The van der Waals surface area contributed by atoms with E-state index < -0.39 is 0 Å². The molecule has 0 spiro atoms. The molecule has 27 heavy (non-hydrogen) atoms. The van der Waals surface area contributed by atoms with Crippen LogP contribution in [0.3, 0.4) is 0 Å². The summed E-state index contributed by atoms with van der Waals surface area (Å²) in [5, 5.41) is 15.1. The van der Waals surface area contributed by atoms with Crippen LogP contribution in [-0.2, 0) is 7.05 Å². The molecule has 5 rings (SSSR count). The highest BCUT2D eigenvalue weighted by atomic mass is 16.1. The number of nitrogens with zero attached hydrogens (tertiary/aromatic N) is 4. The summed E-state index contributed by atoms with van der Waals surface area (Å²) in [6.45, 7) is 1.81. The van der Waals surface area contributed by atoms with Crippen LogP contribution in [0.2, 0.25) is 0 Å². The molecular weight excluding hydrogens is 342 g/mol. The Balaban J connectivity index is 1.44. The average Bonchev–Trinajstić information content (AvgIpc) is 3.39. The molecule has 0 bridgehead atoms. The van der Waals surface area contributed by atoms with Crippen molar-refractivity contribution in [3.05, 3.63) is 52.6 Å². The summed E-state index contributed by atoms with van der Waals surface area (Å²) in [6, 6.07) is 10.6. The number of H-pyrrole nitrogens is 3. The van der Waals surface area contributed by atoms with Gasteiger partial charge in [-0.1, -0.05) is 18.2 Å². The fourth-order valence-corrected chi connectivity index (χ4v) is 4.03. The molecule has 1 aliphatic heterocycles. The number of hydrogen-bond acceptors (Lipinski definition) is 4. The van der Waals surface area contributed by atoms with Crippen LogP contribution in [0.5, 0.6) is 0 Å². The monoisotopic (exact) mass is 363 g/mol. The Morgan fingerprint density at radius 3 is 2.93 bits per heavy atom. The van der Waals surface area contributed by atoms with Crippen LogP contribution in [0, 0.1) is 0 Å². The van der Waals surface area contributed by atoms with E-state index in [1.54, 1.807) is 6.20 Å². The van der Waals surface area contributed by atoms with Crippen molar-refractivity contribution in [1.82, 2.24) is 29.9 Å². The lowest BCUT2D eigenvalue weighted by Gasteiger charge is -2.32. The predicted octanol–water partition coefficient (Wildman–Crippen LogP) is 2.36.